The molecule has 0 spiro atoms. The summed E-state index contributed by atoms with van der Waals surface area (Å²) in [5, 5.41) is 8.83. The number of hydrogen-bond acceptors (Lipinski definition) is 3. The lowest BCUT2D eigenvalue weighted by Gasteiger charge is -2.32. The van der Waals surface area contributed by atoms with Crippen LogP contribution in [-0.2, 0) is 4.79 Å². The molecule has 5 heteroatoms. The van der Waals surface area contributed by atoms with Crippen LogP contribution in [0.3, 0.4) is 0 Å². The first-order valence-electron chi connectivity index (χ1n) is 8.27. The smallest absolute Gasteiger partial charge is 0.317 e. The Morgan fingerprint density at radius 2 is 2.13 bits per heavy atom. The van der Waals surface area contributed by atoms with Gasteiger partial charge in [-0.2, -0.15) is 0 Å². The summed E-state index contributed by atoms with van der Waals surface area (Å²) < 4.78 is 7.01. The standard InChI is InChI=1S/C18H26BrNO3/c1-13(12-23-16-3-4-17(19)14(2)10-16)9-15-5-7-20(8-6-15)11-18(21)22/h3-4,10,13,15H,5-9,11-12H2,1-2H3,(H,21,22). The monoisotopic (exact) mass is 383 g/mol. The fourth-order valence-corrected chi connectivity index (χ4v) is 3.40. The second kappa shape index (κ2) is 8.69. The van der Waals surface area contributed by atoms with Crippen LogP contribution < -0.4 is 4.74 Å². The summed E-state index contributed by atoms with van der Waals surface area (Å²) in [4.78, 5) is 12.8. The molecule has 0 saturated carbocycles. The van der Waals surface area contributed by atoms with Crippen LogP contribution in [0.2, 0.25) is 0 Å². The summed E-state index contributed by atoms with van der Waals surface area (Å²) in [6.07, 6.45) is 3.33. The average molecular weight is 384 g/mol. The van der Waals surface area contributed by atoms with Crippen molar-refractivity contribution in [1.82, 2.24) is 4.90 Å². The fraction of sp³-hybridized carbons (Fsp3) is 0.611. The zero-order valence-electron chi connectivity index (χ0n) is 13.9. The Labute approximate surface area is 147 Å². The van der Waals surface area contributed by atoms with Gasteiger partial charge in [-0.1, -0.05) is 22.9 Å². The maximum absolute atomic E-state index is 10.7. The van der Waals surface area contributed by atoms with Gasteiger partial charge in [0.2, 0.25) is 0 Å². The first-order chi connectivity index (χ1) is 10.9. The highest BCUT2D eigenvalue weighted by Crippen LogP contribution is 2.26. The Bertz CT molecular complexity index is 527. The van der Waals surface area contributed by atoms with E-state index in [1.165, 1.54) is 5.56 Å². The highest BCUT2D eigenvalue weighted by Gasteiger charge is 2.22. The second-order valence-electron chi connectivity index (χ2n) is 6.68. The third-order valence-corrected chi connectivity index (χ3v) is 5.36. The van der Waals surface area contributed by atoms with Crippen molar-refractivity contribution in [3.05, 3.63) is 28.2 Å². The molecule has 0 amide bonds. The van der Waals surface area contributed by atoms with Gasteiger partial charge >= 0.3 is 5.97 Å². The minimum absolute atomic E-state index is 0.175. The molecule has 1 fully saturated rings. The molecule has 1 saturated heterocycles. The largest absolute Gasteiger partial charge is 0.493 e. The molecule has 1 aliphatic rings. The zero-order valence-corrected chi connectivity index (χ0v) is 15.5. The molecule has 0 bridgehead atoms. The first-order valence-corrected chi connectivity index (χ1v) is 9.06. The molecule has 23 heavy (non-hydrogen) atoms. The number of aliphatic carboxylic acids is 1. The number of aryl methyl sites for hydroxylation is 1. The molecule has 0 aliphatic carbocycles. The van der Waals surface area contributed by atoms with E-state index < -0.39 is 5.97 Å². The molecule has 1 N–H and O–H groups in total. The van der Waals surface area contributed by atoms with Crippen molar-refractivity contribution in [2.24, 2.45) is 11.8 Å². The lowest BCUT2D eigenvalue weighted by molar-refractivity contribution is -0.138. The Morgan fingerprint density at radius 1 is 1.43 bits per heavy atom. The zero-order chi connectivity index (χ0) is 16.8. The van der Waals surface area contributed by atoms with Crippen LogP contribution >= 0.6 is 15.9 Å². The Hall–Kier alpha value is -1.07. The van der Waals surface area contributed by atoms with Gasteiger partial charge in [0, 0.05) is 4.47 Å². The number of likely N-dealkylation sites (tertiary alicyclic amines) is 1. The van der Waals surface area contributed by atoms with Crippen molar-refractivity contribution in [1.29, 1.82) is 0 Å². The molecular formula is C18H26BrNO3. The summed E-state index contributed by atoms with van der Waals surface area (Å²) in [7, 11) is 0. The second-order valence-corrected chi connectivity index (χ2v) is 7.53. The average Bonchev–Trinajstić information content (AvgIpc) is 2.50. The van der Waals surface area contributed by atoms with E-state index in [1.54, 1.807) is 0 Å². The predicted molar refractivity (Wildman–Crippen MR) is 95.0 cm³/mol. The van der Waals surface area contributed by atoms with Crippen LogP contribution in [0.5, 0.6) is 5.75 Å². The number of carboxylic acids is 1. The quantitative estimate of drug-likeness (QED) is 0.773. The van der Waals surface area contributed by atoms with Gasteiger partial charge in [0.15, 0.2) is 0 Å². The van der Waals surface area contributed by atoms with Gasteiger partial charge in [-0.3, -0.25) is 9.69 Å². The van der Waals surface area contributed by atoms with Crippen LogP contribution in [0, 0.1) is 18.8 Å². The lowest BCUT2D eigenvalue weighted by Crippen LogP contribution is -2.37. The van der Waals surface area contributed by atoms with Gasteiger partial charge in [-0.05, 0) is 74.9 Å². The van der Waals surface area contributed by atoms with Crippen molar-refractivity contribution in [3.63, 3.8) is 0 Å². The number of piperidine rings is 1. The van der Waals surface area contributed by atoms with Gasteiger partial charge in [0.25, 0.3) is 0 Å². The van der Waals surface area contributed by atoms with Gasteiger partial charge in [0.1, 0.15) is 5.75 Å². The molecule has 0 radical (unpaired) electrons. The maximum Gasteiger partial charge on any atom is 0.317 e. The van der Waals surface area contributed by atoms with E-state index in [0.717, 1.165) is 49.2 Å². The Balaban J connectivity index is 1.70. The van der Waals surface area contributed by atoms with Crippen LogP contribution in [0.1, 0.15) is 31.7 Å². The minimum atomic E-state index is -0.727. The number of carboxylic acid groups (broad SMARTS) is 1. The molecule has 1 unspecified atom stereocenters. The van der Waals surface area contributed by atoms with E-state index >= 15 is 0 Å². The fourth-order valence-electron chi connectivity index (χ4n) is 3.15. The summed E-state index contributed by atoms with van der Waals surface area (Å²) in [5.41, 5.74) is 1.18. The van der Waals surface area contributed by atoms with Gasteiger partial charge in [0.05, 0.1) is 13.2 Å². The summed E-state index contributed by atoms with van der Waals surface area (Å²) >= 11 is 3.50. The number of nitrogens with zero attached hydrogens (tertiary/aromatic N) is 1. The Kier molecular flexibility index (Phi) is 6.90. The molecule has 128 valence electrons. The molecule has 2 rings (SSSR count). The van der Waals surface area contributed by atoms with E-state index in [-0.39, 0.29) is 6.54 Å². The van der Waals surface area contributed by atoms with E-state index in [0.29, 0.717) is 11.8 Å². The van der Waals surface area contributed by atoms with Crippen LogP contribution in [0.25, 0.3) is 0 Å². The lowest BCUT2D eigenvalue weighted by atomic mass is 9.88. The Morgan fingerprint density at radius 3 is 2.74 bits per heavy atom. The molecule has 1 aromatic carbocycles. The summed E-state index contributed by atoms with van der Waals surface area (Å²) in [6, 6.07) is 6.07. The molecule has 0 aromatic heterocycles. The number of ether oxygens (including phenoxy) is 1. The minimum Gasteiger partial charge on any atom is -0.493 e. The highest BCUT2D eigenvalue weighted by molar-refractivity contribution is 9.10. The highest BCUT2D eigenvalue weighted by atomic mass is 79.9. The van der Waals surface area contributed by atoms with Crippen molar-refractivity contribution in [2.75, 3.05) is 26.2 Å². The van der Waals surface area contributed by atoms with Crippen LogP contribution in [0.4, 0.5) is 0 Å². The van der Waals surface area contributed by atoms with E-state index in [4.69, 9.17) is 9.84 Å². The van der Waals surface area contributed by atoms with Crippen molar-refractivity contribution in [2.45, 2.75) is 33.1 Å². The first kappa shape index (κ1) is 18.3. The van der Waals surface area contributed by atoms with Crippen molar-refractivity contribution >= 4 is 21.9 Å². The van der Waals surface area contributed by atoms with Crippen molar-refractivity contribution in [3.8, 4) is 5.75 Å². The maximum atomic E-state index is 10.7. The summed E-state index contributed by atoms with van der Waals surface area (Å²) in [6.45, 7) is 7.00. The van der Waals surface area contributed by atoms with Crippen LogP contribution in [-0.4, -0.2) is 42.2 Å². The number of halogens is 1. The number of rotatable bonds is 7. The van der Waals surface area contributed by atoms with E-state index in [1.807, 2.05) is 17.0 Å². The molecule has 4 nitrogen and oxygen atoms in total. The summed E-state index contributed by atoms with van der Waals surface area (Å²) in [5.74, 6) is 1.39. The topological polar surface area (TPSA) is 49.8 Å². The molecule has 1 heterocycles. The molecule has 1 aromatic rings. The molecule has 1 atom stereocenters. The predicted octanol–water partition coefficient (Wildman–Crippen LogP) is 3.96. The normalized spacial score (nSPS) is 17.9. The van der Waals surface area contributed by atoms with E-state index in [2.05, 4.69) is 35.8 Å². The molecular weight excluding hydrogens is 358 g/mol. The van der Waals surface area contributed by atoms with E-state index in [9.17, 15) is 4.79 Å². The molecule has 1 aliphatic heterocycles. The van der Waals surface area contributed by atoms with Crippen LogP contribution in [0.15, 0.2) is 22.7 Å². The third-order valence-electron chi connectivity index (χ3n) is 4.47. The number of hydrogen-bond donors (Lipinski definition) is 1. The van der Waals surface area contributed by atoms with Gasteiger partial charge in [-0.25, -0.2) is 0 Å². The van der Waals surface area contributed by atoms with Gasteiger partial charge in [-0.15, -0.1) is 0 Å². The number of benzene rings is 1. The third kappa shape index (κ3) is 6.15. The SMILES string of the molecule is Cc1cc(OCC(C)CC2CCN(CC(=O)O)CC2)ccc1Br. The number of carbonyl (C=O) groups is 1. The van der Waals surface area contributed by atoms with Gasteiger partial charge < -0.3 is 9.84 Å². The van der Waals surface area contributed by atoms with Crippen molar-refractivity contribution < 1.29 is 14.6 Å².